The van der Waals surface area contributed by atoms with Crippen molar-refractivity contribution in [3.8, 4) is 0 Å². The van der Waals surface area contributed by atoms with E-state index in [2.05, 4.69) is 4.90 Å². The fourth-order valence-corrected chi connectivity index (χ4v) is 4.32. The molecule has 0 spiro atoms. The van der Waals surface area contributed by atoms with Gasteiger partial charge >= 0.3 is 6.18 Å². The third-order valence-corrected chi connectivity index (χ3v) is 6.12. The zero-order valence-electron chi connectivity index (χ0n) is 17.0. The zero-order valence-corrected chi connectivity index (χ0v) is 17.0. The van der Waals surface area contributed by atoms with E-state index >= 15 is 0 Å². The molecule has 2 saturated heterocycles. The second kappa shape index (κ2) is 8.30. The van der Waals surface area contributed by atoms with Gasteiger partial charge in [0.25, 0.3) is 5.91 Å². The van der Waals surface area contributed by atoms with Crippen molar-refractivity contribution >= 4 is 11.6 Å². The number of carbonyl (C=O) groups is 1. The van der Waals surface area contributed by atoms with E-state index in [0.717, 1.165) is 37.7 Å². The Labute approximate surface area is 174 Å². The van der Waals surface area contributed by atoms with E-state index in [1.165, 1.54) is 12.1 Å². The van der Waals surface area contributed by atoms with Crippen LogP contribution in [0.3, 0.4) is 0 Å². The standard InChI is InChI=1S/C23H26F3N3O/c1-17-5-7-18(8-6-17)22(30)28-13-11-27(12-14-28)21-9-10-29(16-21)20-4-2-3-19(15-20)23(24,25)26/h2-8,15,21H,9-14,16H2,1H3/t21-/m0/s1. The van der Waals surface area contributed by atoms with Crippen LogP contribution in [0.4, 0.5) is 18.9 Å². The van der Waals surface area contributed by atoms with Gasteiger partial charge in [0.15, 0.2) is 0 Å². The van der Waals surface area contributed by atoms with Crippen molar-refractivity contribution in [3.05, 3.63) is 65.2 Å². The average molecular weight is 417 g/mol. The van der Waals surface area contributed by atoms with Crippen LogP contribution in [0, 0.1) is 6.92 Å². The molecule has 0 aliphatic carbocycles. The predicted octanol–water partition coefficient (Wildman–Crippen LogP) is 4.05. The minimum Gasteiger partial charge on any atom is -0.370 e. The first-order valence-electron chi connectivity index (χ1n) is 10.3. The summed E-state index contributed by atoms with van der Waals surface area (Å²) in [5, 5.41) is 0. The second-order valence-electron chi connectivity index (χ2n) is 8.13. The van der Waals surface area contributed by atoms with Crippen molar-refractivity contribution in [2.75, 3.05) is 44.2 Å². The highest BCUT2D eigenvalue weighted by Gasteiger charge is 2.34. The first-order valence-corrected chi connectivity index (χ1v) is 10.3. The van der Waals surface area contributed by atoms with Crippen LogP contribution in [0.15, 0.2) is 48.5 Å². The maximum atomic E-state index is 13.0. The van der Waals surface area contributed by atoms with E-state index in [0.29, 0.717) is 36.9 Å². The van der Waals surface area contributed by atoms with Crippen LogP contribution in [-0.2, 0) is 6.18 Å². The highest BCUT2D eigenvalue weighted by Crippen LogP contribution is 2.33. The number of benzene rings is 2. The van der Waals surface area contributed by atoms with Crippen LogP contribution < -0.4 is 4.90 Å². The minimum absolute atomic E-state index is 0.0617. The predicted molar refractivity (Wildman–Crippen MR) is 111 cm³/mol. The summed E-state index contributed by atoms with van der Waals surface area (Å²) in [5.74, 6) is 0.0617. The largest absolute Gasteiger partial charge is 0.416 e. The van der Waals surface area contributed by atoms with Gasteiger partial charge in [-0.25, -0.2) is 0 Å². The average Bonchev–Trinajstić information content (AvgIpc) is 3.24. The molecule has 2 aromatic rings. The van der Waals surface area contributed by atoms with Gasteiger partial charge in [0.05, 0.1) is 5.56 Å². The molecule has 4 rings (SSSR count). The van der Waals surface area contributed by atoms with E-state index < -0.39 is 11.7 Å². The lowest BCUT2D eigenvalue weighted by Gasteiger charge is -2.38. The van der Waals surface area contributed by atoms with Crippen molar-refractivity contribution in [2.24, 2.45) is 0 Å². The Morgan fingerprint density at radius 3 is 2.33 bits per heavy atom. The van der Waals surface area contributed by atoms with Gasteiger partial charge < -0.3 is 9.80 Å². The number of carbonyl (C=O) groups excluding carboxylic acids is 1. The van der Waals surface area contributed by atoms with Gasteiger partial charge in [-0.2, -0.15) is 13.2 Å². The smallest absolute Gasteiger partial charge is 0.370 e. The molecule has 0 bridgehead atoms. The van der Waals surface area contributed by atoms with Crippen LogP contribution >= 0.6 is 0 Å². The van der Waals surface area contributed by atoms with Gasteiger partial charge in [0.2, 0.25) is 0 Å². The Hall–Kier alpha value is -2.54. The normalized spacial score (nSPS) is 20.6. The molecule has 0 unspecified atom stereocenters. The maximum Gasteiger partial charge on any atom is 0.416 e. The van der Waals surface area contributed by atoms with Crippen molar-refractivity contribution in [2.45, 2.75) is 25.6 Å². The lowest BCUT2D eigenvalue weighted by molar-refractivity contribution is -0.137. The van der Waals surface area contributed by atoms with Gasteiger partial charge in [-0.1, -0.05) is 23.8 Å². The third-order valence-electron chi connectivity index (χ3n) is 6.12. The van der Waals surface area contributed by atoms with E-state index in [9.17, 15) is 18.0 Å². The molecule has 1 amide bonds. The molecule has 0 N–H and O–H groups in total. The van der Waals surface area contributed by atoms with E-state index in [-0.39, 0.29) is 5.91 Å². The molecule has 0 saturated carbocycles. The van der Waals surface area contributed by atoms with E-state index in [4.69, 9.17) is 0 Å². The molecule has 7 heteroatoms. The Morgan fingerprint density at radius 1 is 0.967 bits per heavy atom. The number of rotatable bonds is 3. The Morgan fingerprint density at radius 2 is 1.67 bits per heavy atom. The van der Waals surface area contributed by atoms with E-state index in [1.807, 2.05) is 41.0 Å². The SMILES string of the molecule is Cc1ccc(C(=O)N2CCN([C@H]3CCN(c4cccc(C(F)(F)F)c4)C3)CC2)cc1. The Bertz CT molecular complexity index is 889. The van der Waals surface area contributed by atoms with Gasteiger partial charge in [-0.15, -0.1) is 0 Å². The molecule has 160 valence electrons. The number of piperazine rings is 1. The number of alkyl halides is 3. The van der Waals surface area contributed by atoms with Crippen LogP contribution in [-0.4, -0.2) is 61.0 Å². The summed E-state index contributed by atoms with van der Waals surface area (Å²) in [5.41, 5.74) is 1.86. The number of anilines is 1. The summed E-state index contributed by atoms with van der Waals surface area (Å²) < 4.78 is 39.0. The van der Waals surface area contributed by atoms with Gasteiger partial charge in [0.1, 0.15) is 0 Å². The molecule has 30 heavy (non-hydrogen) atoms. The molecule has 4 nitrogen and oxygen atoms in total. The van der Waals surface area contributed by atoms with Crippen molar-refractivity contribution in [1.82, 2.24) is 9.80 Å². The summed E-state index contributed by atoms with van der Waals surface area (Å²) in [4.78, 5) is 19.0. The monoisotopic (exact) mass is 417 g/mol. The van der Waals surface area contributed by atoms with Gasteiger partial charge in [0, 0.05) is 56.6 Å². The summed E-state index contributed by atoms with van der Waals surface area (Å²) >= 11 is 0. The van der Waals surface area contributed by atoms with Gasteiger partial charge in [-0.3, -0.25) is 9.69 Å². The molecular weight excluding hydrogens is 391 g/mol. The first-order chi connectivity index (χ1) is 14.3. The number of nitrogens with zero attached hydrogens (tertiary/aromatic N) is 3. The van der Waals surface area contributed by atoms with Gasteiger partial charge in [-0.05, 0) is 43.7 Å². The summed E-state index contributed by atoms with van der Waals surface area (Å²) in [6.45, 7) is 6.38. The number of hydrogen-bond acceptors (Lipinski definition) is 3. The number of hydrogen-bond donors (Lipinski definition) is 0. The number of amides is 1. The molecule has 2 fully saturated rings. The van der Waals surface area contributed by atoms with Crippen molar-refractivity contribution in [1.29, 1.82) is 0 Å². The molecule has 1 atom stereocenters. The zero-order chi connectivity index (χ0) is 21.3. The number of halogens is 3. The second-order valence-corrected chi connectivity index (χ2v) is 8.13. The first kappa shape index (κ1) is 20.7. The summed E-state index contributed by atoms with van der Waals surface area (Å²) in [7, 11) is 0. The molecular formula is C23H26F3N3O. The molecule has 0 radical (unpaired) electrons. The quantitative estimate of drug-likeness (QED) is 0.754. The molecule has 0 aromatic heterocycles. The fourth-order valence-electron chi connectivity index (χ4n) is 4.32. The maximum absolute atomic E-state index is 13.0. The summed E-state index contributed by atoms with van der Waals surface area (Å²) in [6, 6.07) is 13.5. The highest BCUT2D eigenvalue weighted by atomic mass is 19.4. The van der Waals surface area contributed by atoms with Crippen LogP contribution in [0.25, 0.3) is 0 Å². The highest BCUT2D eigenvalue weighted by molar-refractivity contribution is 5.94. The third kappa shape index (κ3) is 4.46. The number of aryl methyl sites for hydroxylation is 1. The lowest BCUT2D eigenvalue weighted by Crippen LogP contribution is -2.52. The Kier molecular flexibility index (Phi) is 5.73. The molecule has 2 aliphatic heterocycles. The molecule has 2 heterocycles. The topological polar surface area (TPSA) is 26.8 Å². The molecule has 2 aliphatic rings. The van der Waals surface area contributed by atoms with Crippen LogP contribution in [0.2, 0.25) is 0 Å². The van der Waals surface area contributed by atoms with E-state index in [1.54, 1.807) is 6.07 Å². The summed E-state index contributed by atoms with van der Waals surface area (Å²) in [6.07, 6.45) is -3.41. The van der Waals surface area contributed by atoms with Crippen LogP contribution in [0.1, 0.15) is 27.9 Å². The lowest BCUT2D eigenvalue weighted by atomic mass is 10.1. The van der Waals surface area contributed by atoms with Crippen molar-refractivity contribution < 1.29 is 18.0 Å². The minimum atomic E-state index is -4.32. The fraction of sp³-hybridized carbons (Fsp3) is 0.435. The van der Waals surface area contributed by atoms with Crippen molar-refractivity contribution in [3.63, 3.8) is 0 Å². The van der Waals surface area contributed by atoms with Crippen LogP contribution in [0.5, 0.6) is 0 Å². The molecule has 2 aromatic carbocycles. The Balaban J connectivity index is 1.33.